The summed E-state index contributed by atoms with van der Waals surface area (Å²) in [4.78, 5) is 23.5. The number of amides is 1. The molecule has 0 aliphatic rings. The third-order valence-electron chi connectivity index (χ3n) is 3.41. The van der Waals surface area contributed by atoms with Crippen molar-refractivity contribution in [3.05, 3.63) is 29.8 Å². The van der Waals surface area contributed by atoms with Crippen molar-refractivity contribution in [3.63, 3.8) is 0 Å². The summed E-state index contributed by atoms with van der Waals surface area (Å²) in [6.07, 6.45) is 0.197. The van der Waals surface area contributed by atoms with Gasteiger partial charge in [-0.2, -0.15) is 0 Å². The second kappa shape index (κ2) is 10.6. The average molecular weight is 337 g/mol. The highest BCUT2D eigenvalue weighted by atomic mass is 16.6. The van der Waals surface area contributed by atoms with E-state index in [0.29, 0.717) is 24.8 Å². The van der Waals surface area contributed by atoms with Gasteiger partial charge < -0.3 is 19.5 Å². The highest BCUT2D eigenvalue weighted by molar-refractivity contribution is 5.81. The van der Waals surface area contributed by atoms with Crippen molar-refractivity contribution in [3.8, 4) is 5.75 Å². The van der Waals surface area contributed by atoms with E-state index in [4.69, 9.17) is 14.2 Å². The first-order valence-corrected chi connectivity index (χ1v) is 8.10. The fourth-order valence-corrected chi connectivity index (χ4v) is 1.90. The number of esters is 1. The summed E-state index contributed by atoms with van der Waals surface area (Å²) in [5.41, 5.74) is 0.852. The summed E-state index contributed by atoms with van der Waals surface area (Å²) in [7, 11) is 1.57. The maximum absolute atomic E-state index is 11.8. The molecule has 1 unspecified atom stereocenters. The fourth-order valence-electron chi connectivity index (χ4n) is 1.90. The number of para-hydroxylation sites is 1. The first kappa shape index (κ1) is 20.0. The van der Waals surface area contributed by atoms with Gasteiger partial charge in [0.1, 0.15) is 5.75 Å². The summed E-state index contributed by atoms with van der Waals surface area (Å²) < 4.78 is 15.6. The molecule has 0 aromatic heterocycles. The number of hydrogen-bond donors (Lipinski definition) is 1. The molecule has 1 N–H and O–H groups in total. The summed E-state index contributed by atoms with van der Waals surface area (Å²) in [5, 5.41) is 2.69. The van der Waals surface area contributed by atoms with Crippen LogP contribution in [-0.4, -0.2) is 38.3 Å². The lowest BCUT2D eigenvalue weighted by atomic mass is 10.1. The van der Waals surface area contributed by atoms with Gasteiger partial charge in [-0.3, -0.25) is 4.79 Å². The maximum atomic E-state index is 11.8. The van der Waals surface area contributed by atoms with Crippen molar-refractivity contribution >= 4 is 11.9 Å². The summed E-state index contributed by atoms with van der Waals surface area (Å²) in [6, 6.07) is 7.39. The second-order valence-corrected chi connectivity index (χ2v) is 5.89. The molecule has 0 aliphatic carbocycles. The zero-order valence-electron chi connectivity index (χ0n) is 14.8. The van der Waals surface area contributed by atoms with Crippen LogP contribution >= 0.6 is 0 Å². The van der Waals surface area contributed by atoms with Gasteiger partial charge in [-0.05, 0) is 25.3 Å². The molecule has 6 heteroatoms. The van der Waals surface area contributed by atoms with E-state index in [2.05, 4.69) is 19.2 Å². The van der Waals surface area contributed by atoms with E-state index in [1.54, 1.807) is 14.0 Å². The molecular weight excluding hydrogens is 310 g/mol. The van der Waals surface area contributed by atoms with Crippen LogP contribution in [-0.2, 0) is 25.6 Å². The Balaban J connectivity index is 2.29. The number of rotatable bonds is 10. The molecule has 24 heavy (non-hydrogen) atoms. The fraction of sp³-hybridized carbons (Fsp3) is 0.556. The highest BCUT2D eigenvalue weighted by Gasteiger charge is 2.16. The number of benzene rings is 1. The van der Waals surface area contributed by atoms with Crippen molar-refractivity contribution in [1.82, 2.24) is 5.32 Å². The van der Waals surface area contributed by atoms with E-state index in [-0.39, 0.29) is 12.5 Å². The highest BCUT2D eigenvalue weighted by Crippen LogP contribution is 2.16. The van der Waals surface area contributed by atoms with Gasteiger partial charge in [0.15, 0.2) is 12.7 Å². The van der Waals surface area contributed by atoms with E-state index in [0.717, 1.165) is 12.0 Å². The first-order chi connectivity index (χ1) is 11.4. The van der Waals surface area contributed by atoms with E-state index in [9.17, 15) is 9.59 Å². The van der Waals surface area contributed by atoms with E-state index < -0.39 is 12.1 Å². The van der Waals surface area contributed by atoms with Crippen molar-refractivity contribution in [2.24, 2.45) is 5.92 Å². The minimum Gasteiger partial charge on any atom is -0.496 e. The zero-order chi connectivity index (χ0) is 17.9. The van der Waals surface area contributed by atoms with Crippen molar-refractivity contribution < 1.29 is 23.8 Å². The number of ether oxygens (including phenoxy) is 3. The Morgan fingerprint density at radius 1 is 1.17 bits per heavy atom. The minimum atomic E-state index is -0.675. The normalized spacial score (nSPS) is 11.9. The molecule has 0 saturated heterocycles. The lowest BCUT2D eigenvalue weighted by Crippen LogP contribution is -2.31. The van der Waals surface area contributed by atoms with Crippen LogP contribution in [0.2, 0.25) is 0 Å². The molecule has 6 nitrogen and oxygen atoms in total. The lowest BCUT2D eigenvalue weighted by molar-refractivity contribution is -0.159. The van der Waals surface area contributed by atoms with Gasteiger partial charge in [0.05, 0.1) is 7.11 Å². The predicted molar refractivity (Wildman–Crippen MR) is 90.7 cm³/mol. The monoisotopic (exact) mass is 337 g/mol. The Bertz CT molecular complexity index is 530. The SMILES string of the molecule is COc1ccccc1CNC(=O)COC(=O)C(C)OCCC(C)C. The quantitative estimate of drug-likeness (QED) is 0.663. The van der Waals surface area contributed by atoms with Gasteiger partial charge in [0.2, 0.25) is 0 Å². The van der Waals surface area contributed by atoms with Crippen LogP contribution in [0.5, 0.6) is 5.75 Å². The topological polar surface area (TPSA) is 73.9 Å². The Morgan fingerprint density at radius 3 is 2.54 bits per heavy atom. The zero-order valence-corrected chi connectivity index (χ0v) is 14.8. The number of methoxy groups -OCH3 is 1. The minimum absolute atomic E-state index is 0.306. The molecule has 0 radical (unpaired) electrons. The van der Waals surface area contributed by atoms with Gasteiger partial charge in [-0.25, -0.2) is 4.79 Å². The van der Waals surface area contributed by atoms with Gasteiger partial charge in [-0.15, -0.1) is 0 Å². The lowest BCUT2D eigenvalue weighted by Gasteiger charge is -2.14. The molecule has 0 heterocycles. The molecule has 1 rings (SSSR count). The summed E-state index contributed by atoms with van der Waals surface area (Å²) in [6.45, 7) is 6.26. The number of carbonyl (C=O) groups is 2. The summed E-state index contributed by atoms with van der Waals surface area (Å²) >= 11 is 0. The Hall–Kier alpha value is -2.08. The molecule has 0 spiro atoms. The van der Waals surface area contributed by atoms with E-state index >= 15 is 0 Å². The van der Waals surface area contributed by atoms with Gasteiger partial charge >= 0.3 is 5.97 Å². The molecule has 1 amide bonds. The molecule has 1 atom stereocenters. The molecule has 0 bridgehead atoms. The van der Waals surface area contributed by atoms with Crippen LogP contribution in [0.4, 0.5) is 0 Å². The van der Waals surface area contributed by atoms with Crippen molar-refractivity contribution in [1.29, 1.82) is 0 Å². The maximum Gasteiger partial charge on any atom is 0.335 e. The predicted octanol–water partition coefficient (Wildman–Crippen LogP) is 2.31. The third-order valence-corrected chi connectivity index (χ3v) is 3.41. The Labute approximate surface area is 143 Å². The van der Waals surface area contributed by atoms with E-state index in [1.807, 2.05) is 24.3 Å². The van der Waals surface area contributed by atoms with Crippen LogP contribution < -0.4 is 10.1 Å². The standard InChI is InChI=1S/C18H27NO5/c1-13(2)9-10-23-14(3)18(21)24-12-17(20)19-11-15-7-5-6-8-16(15)22-4/h5-8,13-14H,9-12H2,1-4H3,(H,19,20). The molecule has 0 saturated carbocycles. The smallest absolute Gasteiger partial charge is 0.335 e. The van der Waals surface area contributed by atoms with Crippen LogP contribution in [0.3, 0.4) is 0 Å². The van der Waals surface area contributed by atoms with Crippen LogP contribution in [0.15, 0.2) is 24.3 Å². The first-order valence-electron chi connectivity index (χ1n) is 8.10. The Morgan fingerprint density at radius 2 is 1.88 bits per heavy atom. The van der Waals surface area contributed by atoms with Crippen LogP contribution in [0.1, 0.15) is 32.8 Å². The number of carbonyl (C=O) groups excluding carboxylic acids is 2. The molecule has 1 aromatic carbocycles. The molecular formula is C18H27NO5. The third kappa shape index (κ3) is 7.46. The number of hydrogen-bond acceptors (Lipinski definition) is 5. The second-order valence-electron chi connectivity index (χ2n) is 5.89. The molecule has 134 valence electrons. The van der Waals surface area contributed by atoms with E-state index in [1.165, 1.54) is 0 Å². The molecule has 0 fully saturated rings. The summed E-state index contributed by atoms with van der Waals surface area (Å²) in [5.74, 6) is 0.297. The average Bonchev–Trinajstić information content (AvgIpc) is 2.57. The van der Waals surface area contributed by atoms with Gasteiger partial charge in [-0.1, -0.05) is 32.0 Å². The largest absolute Gasteiger partial charge is 0.496 e. The van der Waals surface area contributed by atoms with Crippen LogP contribution in [0, 0.1) is 5.92 Å². The van der Waals surface area contributed by atoms with Gasteiger partial charge in [0, 0.05) is 18.7 Å². The van der Waals surface area contributed by atoms with Gasteiger partial charge in [0.25, 0.3) is 5.91 Å². The van der Waals surface area contributed by atoms with Crippen molar-refractivity contribution in [2.75, 3.05) is 20.3 Å². The Kier molecular flexibility index (Phi) is 8.86. The van der Waals surface area contributed by atoms with Crippen LogP contribution in [0.25, 0.3) is 0 Å². The molecule has 0 aliphatic heterocycles. The number of nitrogens with one attached hydrogen (secondary N) is 1. The molecule has 1 aromatic rings. The van der Waals surface area contributed by atoms with Crippen molar-refractivity contribution in [2.45, 2.75) is 39.8 Å².